The molecule has 3 N–H and O–H groups in total. The molecule has 2 aliphatic rings. The third-order valence-electron chi connectivity index (χ3n) is 5.81. The maximum Gasteiger partial charge on any atom is 0.248 e. The lowest BCUT2D eigenvalue weighted by atomic mass is 9.89. The molecular formula is C21H27FN4O4. The van der Waals surface area contributed by atoms with E-state index in [0.717, 1.165) is 37.5 Å². The van der Waals surface area contributed by atoms with Gasteiger partial charge in [0.15, 0.2) is 0 Å². The van der Waals surface area contributed by atoms with Crippen LogP contribution in [0.15, 0.2) is 30.5 Å². The van der Waals surface area contributed by atoms with Gasteiger partial charge in [-0.05, 0) is 30.9 Å². The Morgan fingerprint density at radius 3 is 2.67 bits per heavy atom. The van der Waals surface area contributed by atoms with Gasteiger partial charge in [0, 0.05) is 18.9 Å². The average Bonchev–Trinajstić information content (AvgIpc) is 3.38. The largest absolute Gasteiger partial charge is 0.326 e. The molecule has 2 atom stereocenters. The van der Waals surface area contributed by atoms with E-state index in [1.807, 2.05) is 0 Å². The van der Waals surface area contributed by atoms with Crippen LogP contribution in [0.2, 0.25) is 0 Å². The molecule has 3 amide bonds. The van der Waals surface area contributed by atoms with Crippen molar-refractivity contribution in [2.75, 3.05) is 11.9 Å². The SMILES string of the molecule is C=C1C[C@@H](C(=O)Nc2ccc(F)cn2)N(C(=O)[C@@H](CC(=O)NO)CC2CCCC2)C1. The Balaban J connectivity index is 1.73. The lowest BCUT2D eigenvalue weighted by Crippen LogP contribution is -2.46. The number of aromatic nitrogens is 1. The second-order valence-electron chi connectivity index (χ2n) is 8.11. The highest BCUT2D eigenvalue weighted by molar-refractivity contribution is 5.98. The van der Waals surface area contributed by atoms with E-state index < -0.39 is 29.6 Å². The van der Waals surface area contributed by atoms with E-state index in [1.54, 1.807) is 5.48 Å². The summed E-state index contributed by atoms with van der Waals surface area (Å²) in [5, 5.41) is 11.5. The Morgan fingerprint density at radius 2 is 2.03 bits per heavy atom. The highest BCUT2D eigenvalue weighted by Crippen LogP contribution is 2.34. The molecule has 1 saturated heterocycles. The first-order chi connectivity index (χ1) is 14.4. The molecule has 0 bridgehead atoms. The first-order valence-electron chi connectivity index (χ1n) is 10.2. The second kappa shape index (κ2) is 9.80. The van der Waals surface area contributed by atoms with E-state index >= 15 is 0 Å². The van der Waals surface area contributed by atoms with Crippen molar-refractivity contribution in [3.8, 4) is 0 Å². The lowest BCUT2D eigenvalue weighted by Gasteiger charge is -2.28. The minimum atomic E-state index is -0.778. The van der Waals surface area contributed by atoms with Gasteiger partial charge in [-0.15, -0.1) is 0 Å². The number of carbonyl (C=O) groups is 3. The van der Waals surface area contributed by atoms with Gasteiger partial charge < -0.3 is 10.2 Å². The fraction of sp³-hybridized carbons (Fsp3) is 0.524. The summed E-state index contributed by atoms with van der Waals surface area (Å²) < 4.78 is 13.0. The van der Waals surface area contributed by atoms with Crippen molar-refractivity contribution in [2.24, 2.45) is 11.8 Å². The van der Waals surface area contributed by atoms with Crippen molar-refractivity contribution >= 4 is 23.5 Å². The van der Waals surface area contributed by atoms with Crippen LogP contribution in [0.4, 0.5) is 10.2 Å². The standard InChI is InChI=1S/C21H27FN4O4/c1-13-8-17(20(28)24-18-7-6-16(22)11-23-18)26(12-13)21(29)15(10-19(27)25-30)9-14-4-2-3-5-14/h6-7,11,14-15,17,30H,1-5,8-10,12H2,(H,25,27)(H,23,24,28)/t15-,17+/m1/s1. The molecule has 30 heavy (non-hydrogen) atoms. The van der Waals surface area contributed by atoms with Gasteiger partial charge in [0.2, 0.25) is 17.7 Å². The molecule has 0 spiro atoms. The normalized spacial score (nSPS) is 20.3. The number of hydroxylamine groups is 1. The zero-order chi connectivity index (χ0) is 21.7. The Bertz CT molecular complexity index is 808. The zero-order valence-electron chi connectivity index (χ0n) is 16.8. The van der Waals surface area contributed by atoms with Crippen LogP contribution in [-0.2, 0) is 14.4 Å². The van der Waals surface area contributed by atoms with Gasteiger partial charge in [-0.2, -0.15) is 0 Å². The van der Waals surface area contributed by atoms with Crippen LogP contribution >= 0.6 is 0 Å². The number of hydrogen-bond donors (Lipinski definition) is 3. The summed E-state index contributed by atoms with van der Waals surface area (Å²) >= 11 is 0. The molecule has 1 aliphatic carbocycles. The topological polar surface area (TPSA) is 112 Å². The summed E-state index contributed by atoms with van der Waals surface area (Å²) in [6.07, 6.45) is 5.95. The van der Waals surface area contributed by atoms with Crippen LogP contribution in [0.5, 0.6) is 0 Å². The van der Waals surface area contributed by atoms with Crippen molar-refractivity contribution < 1.29 is 24.0 Å². The number of nitrogens with one attached hydrogen (secondary N) is 2. The number of likely N-dealkylation sites (tertiary alicyclic amines) is 1. The Labute approximate surface area is 174 Å². The molecule has 3 rings (SSSR count). The second-order valence-corrected chi connectivity index (χ2v) is 8.11. The number of hydrogen-bond acceptors (Lipinski definition) is 5. The predicted octanol–water partition coefficient (Wildman–Crippen LogP) is 2.41. The number of rotatable bonds is 7. The number of pyridine rings is 1. The Hall–Kier alpha value is -2.81. The third kappa shape index (κ3) is 5.41. The summed E-state index contributed by atoms with van der Waals surface area (Å²) in [7, 11) is 0. The van der Waals surface area contributed by atoms with E-state index in [-0.39, 0.29) is 24.7 Å². The number of carbonyl (C=O) groups excluding carboxylic acids is 3. The van der Waals surface area contributed by atoms with E-state index in [2.05, 4.69) is 16.9 Å². The van der Waals surface area contributed by atoms with Crippen molar-refractivity contribution in [3.63, 3.8) is 0 Å². The third-order valence-corrected chi connectivity index (χ3v) is 5.81. The predicted molar refractivity (Wildman–Crippen MR) is 107 cm³/mol. The quantitative estimate of drug-likeness (QED) is 0.358. The number of nitrogens with zero attached hydrogens (tertiary/aromatic N) is 2. The fourth-order valence-corrected chi connectivity index (χ4v) is 4.35. The lowest BCUT2D eigenvalue weighted by molar-refractivity contribution is -0.143. The molecule has 1 aliphatic heterocycles. The van der Waals surface area contributed by atoms with Gasteiger partial charge in [0.25, 0.3) is 0 Å². The average molecular weight is 418 g/mol. The summed E-state index contributed by atoms with van der Waals surface area (Å²) in [6, 6.07) is 1.75. The zero-order valence-corrected chi connectivity index (χ0v) is 16.8. The molecule has 0 radical (unpaired) electrons. The molecule has 8 nitrogen and oxygen atoms in total. The smallest absolute Gasteiger partial charge is 0.248 e. The van der Waals surface area contributed by atoms with Gasteiger partial charge >= 0.3 is 0 Å². The highest BCUT2D eigenvalue weighted by atomic mass is 19.1. The highest BCUT2D eigenvalue weighted by Gasteiger charge is 2.40. The first kappa shape index (κ1) is 21.9. The Morgan fingerprint density at radius 1 is 1.30 bits per heavy atom. The summed E-state index contributed by atoms with van der Waals surface area (Å²) in [5.74, 6) is -1.95. The first-order valence-corrected chi connectivity index (χ1v) is 10.2. The van der Waals surface area contributed by atoms with Crippen molar-refractivity contribution in [1.82, 2.24) is 15.4 Å². The van der Waals surface area contributed by atoms with Crippen LogP contribution < -0.4 is 10.8 Å². The Kier molecular flexibility index (Phi) is 7.15. The van der Waals surface area contributed by atoms with Crippen LogP contribution in [0.3, 0.4) is 0 Å². The molecule has 2 fully saturated rings. The van der Waals surface area contributed by atoms with Crippen LogP contribution in [0, 0.1) is 17.7 Å². The summed E-state index contributed by atoms with van der Waals surface area (Å²) in [4.78, 5) is 43.2. The van der Waals surface area contributed by atoms with Gasteiger partial charge in [-0.3, -0.25) is 19.6 Å². The number of halogens is 1. The molecule has 2 heterocycles. The molecule has 1 saturated carbocycles. The molecular weight excluding hydrogens is 391 g/mol. The van der Waals surface area contributed by atoms with Gasteiger partial charge in [-0.25, -0.2) is 14.9 Å². The molecule has 162 valence electrons. The maximum absolute atomic E-state index is 13.3. The summed E-state index contributed by atoms with van der Waals surface area (Å²) in [5.41, 5.74) is 2.34. The van der Waals surface area contributed by atoms with Gasteiger partial charge in [0.05, 0.1) is 6.20 Å². The van der Waals surface area contributed by atoms with Gasteiger partial charge in [0.1, 0.15) is 17.7 Å². The monoisotopic (exact) mass is 418 g/mol. The van der Waals surface area contributed by atoms with E-state index in [1.165, 1.54) is 17.0 Å². The van der Waals surface area contributed by atoms with Crippen molar-refractivity contribution in [3.05, 3.63) is 36.3 Å². The molecule has 0 aromatic carbocycles. The number of anilines is 1. The molecule has 9 heteroatoms. The van der Waals surface area contributed by atoms with Crippen LogP contribution in [0.1, 0.15) is 44.9 Å². The fourth-order valence-electron chi connectivity index (χ4n) is 4.35. The number of amides is 3. The van der Waals surface area contributed by atoms with E-state index in [0.29, 0.717) is 18.8 Å². The van der Waals surface area contributed by atoms with Crippen molar-refractivity contribution in [1.29, 1.82) is 0 Å². The van der Waals surface area contributed by atoms with Crippen LogP contribution in [-0.4, -0.2) is 45.4 Å². The maximum atomic E-state index is 13.3. The minimum Gasteiger partial charge on any atom is -0.326 e. The molecule has 0 unspecified atom stereocenters. The van der Waals surface area contributed by atoms with Crippen molar-refractivity contribution in [2.45, 2.75) is 51.0 Å². The minimum absolute atomic E-state index is 0.136. The van der Waals surface area contributed by atoms with E-state index in [9.17, 15) is 18.8 Å². The van der Waals surface area contributed by atoms with E-state index in [4.69, 9.17) is 5.21 Å². The molecule has 1 aromatic rings. The van der Waals surface area contributed by atoms with Gasteiger partial charge in [-0.1, -0.05) is 37.8 Å². The summed E-state index contributed by atoms with van der Waals surface area (Å²) in [6.45, 7) is 4.15. The van der Waals surface area contributed by atoms with Crippen LogP contribution in [0.25, 0.3) is 0 Å². The molecule has 1 aromatic heterocycles.